The van der Waals surface area contributed by atoms with Gasteiger partial charge >= 0.3 is 6.18 Å². The number of hydrogen-bond acceptors (Lipinski definition) is 6. The maximum atomic E-state index is 13.2. The van der Waals surface area contributed by atoms with Crippen molar-refractivity contribution < 1.29 is 31.2 Å². The third kappa shape index (κ3) is 5.79. The summed E-state index contributed by atoms with van der Waals surface area (Å²) in [5.74, 6) is 1.01. The summed E-state index contributed by atoms with van der Waals surface area (Å²) >= 11 is 0. The number of carbonyl (C=O) groups excluding carboxylic acids is 2. The third-order valence-electron chi connectivity index (χ3n) is 6.79. The first kappa shape index (κ1) is 27.5. The van der Waals surface area contributed by atoms with Crippen LogP contribution >= 0.6 is 0 Å². The van der Waals surface area contributed by atoms with Crippen molar-refractivity contribution in [3.05, 3.63) is 53.0 Å². The summed E-state index contributed by atoms with van der Waals surface area (Å²) in [6.45, 7) is 6.39. The molecular formula is C26H27F3N4O4S. The van der Waals surface area contributed by atoms with Gasteiger partial charge in [0.05, 0.1) is 16.2 Å². The van der Waals surface area contributed by atoms with Gasteiger partial charge < -0.3 is 9.88 Å². The lowest BCUT2D eigenvalue weighted by Gasteiger charge is -2.24. The van der Waals surface area contributed by atoms with Gasteiger partial charge in [0.2, 0.25) is 6.29 Å². The van der Waals surface area contributed by atoms with Crippen molar-refractivity contribution in [1.82, 2.24) is 19.9 Å². The van der Waals surface area contributed by atoms with E-state index >= 15 is 0 Å². The molecule has 1 amide bonds. The molecule has 0 unspecified atom stereocenters. The minimum atomic E-state index is -4.64. The van der Waals surface area contributed by atoms with Crippen LogP contribution in [0.2, 0.25) is 0 Å². The molecule has 12 heteroatoms. The second-order valence-electron chi connectivity index (χ2n) is 9.68. The van der Waals surface area contributed by atoms with E-state index in [-0.39, 0.29) is 16.8 Å². The smallest absolute Gasteiger partial charge is 0.341 e. The number of hydrogen-bond donors (Lipinski definition) is 1. The summed E-state index contributed by atoms with van der Waals surface area (Å²) in [6.07, 6.45) is -0.599. The second-order valence-corrected chi connectivity index (χ2v) is 11.7. The predicted molar refractivity (Wildman–Crippen MR) is 134 cm³/mol. The molecule has 1 N–H and O–H groups in total. The molecule has 1 fully saturated rings. The topological polar surface area (TPSA) is 113 Å². The van der Waals surface area contributed by atoms with Gasteiger partial charge in [-0.3, -0.25) is 14.6 Å². The highest BCUT2D eigenvalue weighted by Gasteiger charge is 2.40. The summed E-state index contributed by atoms with van der Waals surface area (Å²) < 4.78 is 56.6. The van der Waals surface area contributed by atoms with Crippen molar-refractivity contribution in [3.8, 4) is 22.6 Å². The Balaban J connectivity index is 0.000000505. The standard InChI is InChI=1S/C24H26N4O3S.C2HF3O/c1-13-14(2)27-23(26-13)20-10-17(7-8-25-20)18-9-19-12-28(15(3)16-5-6-16)24(29)22(19)21(11-18)32(4,30)31;3-2(4,5)1-6/h7-11,15-16H,5-6,12H2,1-4H3,(H,26,27);1H/t15-;/m0./s1. The van der Waals surface area contributed by atoms with Gasteiger partial charge in [-0.2, -0.15) is 13.2 Å². The fourth-order valence-electron chi connectivity index (χ4n) is 4.47. The van der Waals surface area contributed by atoms with Crippen LogP contribution in [0.15, 0.2) is 35.4 Å². The van der Waals surface area contributed by atoms with Crippen LogP contribution in [0.25, 0.3) is 22.6 Å². The minimum Gasteiger partial charge on any atom is -0.341 e. The van der Waals surface area contributed by atoms with E-state index < -0.39 is 22.3 Å². The van der Waals surface area contributed by atoms with Crippen LogP contribution in [-0.2, 0) is 21.2 Å². The van der Waals surface area contributed by atoms with Crippen LogP contribution in [0.4, 0.5) is 13.2 Å². The van der Waals surface area contributed by atoms with Crippen LogP contribution in [0.3, 0.4) is 0 Å². The molecule has 1 atom stereocenters. The van der Waals surface area contributed by atoms with Crippen molar-refractivity contribution in [2.75, 3.05) is 6.26 Å². The average molecular weight is 549 g/mol. The zero-order valence-corrected chi connectivity index (χ0v) is 22.1. The van der Waals surface area contributed by atoms with Gasteiger partial charge in [0.1, 0.15) is 5.69 Å². The number of H-pyrrole nitrogens is 1. The first-order chi connectivity index (χ1) is 17.7. The molecule has 8 nitrogen and oxygen atoms in total. The Hall–Kier alpha value is -3.54. The maximum absolute atomic E-state index is 13.2. The van der Waals surface area contributed by atoms with E-state index in [1.165, 1.54) is 6.26 Å². The molecule has 0 radical (unpaired) electrons. The number of fused-ring (bicyclic) bond motifs is 1. The number of halogens is 3. The maximum Gasteiger partial charge on any atom is 0.446 e. The number of benzene rings is 1. The number of rotatable bonds is 5. The quantitative estimate of drug-likeness (QED) is 0.464. The molecule has 202 valence electrons. The summed E-state index contributed by atoms with van der Waals surface area (Å²) in [5.41, 5.74) is 5.25. The molecule has 0 saturated heterocycles. The molecule has 3 aromatic rings. The first-order valence-corrected chi connectivity index (χ1v) is 13.8. The van der Waals surface area contributed by atoms with E-state index in [0.29, 0.717) is 29.5 Å². The molecule has 5 rings (SSSR count). The van der Waals surface area contributed by atoms with Crippen molar-refractivity contribution in [3.63, 3.8) is 0 Å². The van der Waals surface area contributed by atoms with Gasteiger partial charge in [-0.1, -0.05) is 0 Å². The zero-order valence-electron chi connectivity index (χ0n) is 21.3. The zero-order chi connectivity index (χ0) is 28.0. The highest BCUT2D eigenvalue weighted by molar-refractivity contribution is 7.90. The summed E-state index contributed by atoms with van der Waals surface area (Å²) in [4.78, 5) is 36.0. The van der Waals surface area contributed by atoms with Gasteiger partial charge in [0, 0.05) is 30.7 Å². The summed E-state index contributed by atoms with van der Waals surface area (Å²) in [5, 5.41) is 0. The molecule has 1 saturated carbocycles. The Kier molecular flexibility index (Phi) is 7.21. The van der Waals surface area contributed by atoms with E-state index in [0.717, 1.165) is 40.9 Å². The van der Waals surface area contributed by atoms with Gasteiger partial charge in [-0.25, -0.2) is 13.4 Å². The van der Waals surface area contributed by atoms with Crippen LogP contribution in [0, 0.1) is 19.8 Å². The predicted octanol–water partition coefficient (Wildman–Crippen LogP) is 4.66. The van der Waals surface area contributed by atoms with E-state index in [2.05, 4.69) is 21.9 Å². The normalized spacial score (nSPS) is 16.1. The highest BCUT2D eigenvalue weighted by Crippen LogP contribution is 2.41. The number of nitrogens with zero attached hydrogens (tertiary/aromatic N) is 3. The largest absolute Gasteiger partial charge is 0.446 e. The number of carbonyl (C=O) groups is 2. The van der Waals surface area contributed by atoms with Crippen LogP contribution < -0.4 is 0 Å². The number of aryl methyl sites for hydroxylation is 2. The third-order valence-corrected chi connectivity index (χ3v) is 7.91. The molecule has 2 aromatic heterocycles. The van der Waals surface area contributed by atoms with E-state index in [1.807, 2.05) is 36.9 Å². The molecule has 1 aliphatic heterocycles. The summed E-state index contributed by atoms with van der Waals surface area (Å²) in [7, 11) is -3.59. The second kappa shape index (κ2) is 9.97. The van der Waals surface area contributed by atoms with Crippen molar-refractivity contribution >= 4 is 22.0 Å². The minimum absolute atomic E-state index is 0.101. The van der Waals surface area contributed by atoms with Crippen molar-refractivity contribution in [2.45, 2.75) is 57.3 Å². The Morgan fingerprint density at radius 2 is 1.82 bits per heavy atom. The molecule has 0 bridgehead atoms. The Morgan fingerprint density at radius 1 is 1.16 bits per heavy atom. The number of aldehydes is 1. The van der Waals surface area contributed by atoms with Crippen molar-refractivity contribution in [2.24, 2.45) is 5.92 Å². The Bertz CT molecular complexity index is 1490. The lowest BCUT2D eigenvalue weighted by molar-refractivity contribution is -0.156. The van der Waals surface area contributed by atoms with Gasteiger partial charge in [0.15, 0.2) is 15.7 Å². The number of nitrogens with one attached hydrogen (secondary N) is 1. The van der Waals surface area contributed by atoms with Crippen LogP contribution in [0.1, 0.15) is 47.1 Å². The number of amides is 1. The highest BCUT2D eigenvalue weighted by atomic mass is 32.2. The monoisotopic (exact) mass is 548 g/mol. The van der Waals surface area contributed by atoms with Gasteiger partial charge in [0.25, 0.3) is 5.91 Å². The first-order valence-electron chi connectivity index (χ1n) is 11.9. The van der Waals surface area contributed by atoms with Crippen LogP contribution in [-0.4, -0.2) is 58.9 Å². The number of aromatic amines is 1. The number of alkyl halides is 3. The van der Waals surface area contributed by atoms with E-state index in [9.17, 15) is 26.4 Å². The van der Waals surface area contributed by atoms with E-state index in [1.54, 1.807) is 12.3 Å². The molecule has 0 spiro atoms. The lowest BCUT2D eigenvalue weighted by Crippen LogP contribution is -2.35. The molecule has 1 aliphatic carbocycles. The fraction of sp³-hybridized carbons (Fsp3) is 0.385. The van der Waals surface area contributed by atoms with Gasteiger partial charge in [-0.05, 0) is 80.5 Å². The lowest BCUT2D eigenvalue weighted by atomic mass is 10.0. The van der Waals surface area contributed by atoms with E-state index in [4.69, 9.17) is 4.79 Å². The Morgan fingerprint density at radius 3 is 2.34 bits per heavy atom. The molecule has 3 heterocycles. The number of imidazole rings is 1. The molecule has 2 aliphatic rings. The molecule has 38 heavy (non-hydrogen) atoms. The van der Waals surface area contributed by atoms with Crippen LogP contribution in [0.5, 0.6) is 0 Å². The summed E-state index contributed by atoms with van der Waals surface area (Å²) in [6, 6.07) is 7.42. The SMILES string of the molecule is Cc1nc(-c2cc(-c3cc4c(c(S(C)(=O)=O)c3)C(=O)N([C@@H](C)C3CC3)C4)ccn2)[nH]c1C.O=CC(F)(F)F. The number of sulfone groups is 1. The number of aromatic nitrogens is 3. The molecule has 1 aromatic carbocycles. The number of pyridine rings is 1. The Labute approximate surface area is 218 Å². The van der Waals surface area contributed by atoms with Gasteiger partial charge in [-0.15, -0.1) is 0 Å². The molecular weight excluding hydrogens is 521 g/mol. The van der Waals surface area contributed by atoms with Crippen molar-refractivity contribution in [1.29, 1.82) is 0 Å². The average Bonchev–Trinajstić information content (AvgIpc) is 3.58. The fourth-order valence-corrected chi connectivity index (χ4v) is 5.40.